The summed E-state index contributed by atoms with van der Waals surface area (Å²) in [4.78, 5) is 12.2. The molecule has 3 N–H and O–H groups in total. The van der Waals surface area contributed by atoms with Crippen molar-refractivity contribution < 1.29 is 14.5 Å². The lowest BCUT2D eigenvalue weighted by atomic mass is 9.93. The Kier molecular flexibility index (Phi) is 6.71. The Balaban J connectivity index is 1.99. The molecule has 2 aromatic carbocycles. The molecule has 1 atom stereocenters. The van der Waals surface area contributed by atoms with Crippen molar-refractivity contribution in [1.29, 1.82) is 0 Å². The van der Waals surface area contributed by atoms with Crippen LogP contribution in [0.15, 0.2) is 48.5 Å². The molecule has 0 unspecified atom stereocenters. The number of halogens is 1. The van der Waals surface area contributed by atoms with Gasteiger partial charge in [0.25, 0.3) is 5.91 Å². The number of nitrogens with one attached hydrogen (secondary N) is 1. The summed E-state index contributed by atoms with van der Waals surface area (Å²) in [5, 5.41) is 4.65. The number of nitrogens with two attached hydrogens (primary N) is 1. The van der Waals surface area contributed by atoms with Crippen LogP contribution in [-0.2, 0) is 4.79 Å². The van der Waals surface area contributed by atoms with Gasteiger partial charge in [0, 0.05) is 11.5 Å². The third-order valence-electron chi connectivity index (χ3n) is 4.41. The maximum Gasteiger partial charge on any atom is 0.279 e. The molecule has 0 bridgehead atoms. The number of hydrogen-bond donors (Lipinski definition) is 2. The van der Waals surface area contributed by atoms with Crippen molar-refractivity contribution in [3.05, 3.63) is 65.5 Å². The molecule has 0 spiro atoms. The van der Waals surface area contributed by atoms with Gasteiger partial charge >= 0.3 is 0 Å². The first-order valence-electron chi connectivity index (χ1n) is 8.86. The Bertz CT molecular complexity index is 695. The van der Waals surface area contributed by atoms with Gasteiger partial charge in [-0.05, 0) is 23.6 Å². The zero-order chi connectivity index (χ0) is 18.4. The average Bonchev–Trinajstić information content (AvgIpc) is 2.57. The molecule has 0 aliphatic rings. The van der Waals surface area contributed by atoms with E-state index in [1.165, 1.54) is 17.2 Å². The smallest absolute Gasteiger partial charge is 0.279 e. The summed E-state index contributed by atoms with van der Waals surface area (Å²) < 4.78 is 13.6. The molecule has 0 saturated carbocycles. The van der Waals surface area contributed by atoms with Crippen LogP contribution < -0.4 is 10.6 Å². The van der Waals surface area contributed by atoms with Gasteiger partial charge in [0.1, 0.15) is 11.9 Å². The Morgan fingerprint density at radius 2 is 1.60 bits per heavy atom. The summed E-state index contributed by atoms with van der Waals surface area (Å²) in [7, 11) is 0. The number of hydrogen-bond acceptors (Lipinski definition) is 1. The van der Waals surface area contributed by atoms with Crippen molar-refractivity contribution in [1.82, 2.24) is 0 Å². The Morgan fingerprint density at radius 1 is 1.00 bits per heavy atom. The first kappa shape index (κ1) is 19.1. The zero-order valence-electron chi connectivity index (χ0n) is 15.4. The molecule has 3 nitrogen and oxygen atoms in total. The molecule has 134 valence electrons. The number of para-hydroxylation sites is 1. The highest BCUT2D eigenvalue weighted by Gasteiger charge is 2.21. The highest BCUT2D eigenvalue weighted by atomic mass is 19.1. The summed E-state index contributed by atoms with van der Waals surface area (Å²) in [6.45, 7) is 8.89. The van der Waals surface area contributed by atoms with E-state index in [4.69, 9.17) is 0 Å². The van der Waals surface area contributed by atoms with Gasteiger partial charge in [-0.25, -0.2) is 4.39 Å². The standard InChI is InChI=1S/C21H27FN2O/c1-14(2)16-9-11-17(12-10-16)21(15(3)4)23-13-20(25)24-19-8-6-5-7-18(19)22/h5-12,14-15,21,23H,13H2,1-4H3,(H,24,25)/p+1/t21-/m0/s1. The maximum atomic E-state index is 13.6. The lowest BCUT2D eigenvalue weighted by Gasteiger charge is -2.20. The number of benzene rings is 2. The summed E-state index contributed by atoms with van der Waals surface area (Å²) in [6.07, 6.45) is 0. The second-order valence-electron chi connectivity index (χ2n) is 7.06. The van der Waals surface area contributed by atoms with Crippen LogP contribution >= 0.6 is 0 Å². The van der Waals surface area contributed by atoms with E-state index in [0.29, 0.717) is 11.8 Å². The molecule has 0 radical (unpaired) electrons. The number of carbonyl (C=O) groups excluding carboxylic acids is 1. The van der Waals surface area contributed by atoms with Gasteiger partial charge in [0.2, 0.25) is 0 Å². The molecule has 0 heterocycles. The summed E-state index contributed by atoms with van der Waals surface area (Å²) in [6, 6.07) is 15.0. The molecular weight excluding hydrogens is 315 g/mol. The van der Waals surface area contributed by atoms with Gasteiger partial charge in [-0.3, -0.25) is 4.79 Å². The fourth-order valence-corrected chi connectivity index (χ4v) is 2.89. The minimum absolute atomic E-state index is 0.188. The van der Waals surface area contributed by atoms with Crippen LogP contribution in [0.4, 0.5) is 10.1 Å². The SMILES string of the molecule is CC(C)c1ccc([C@@H]([NH2+]CC(=O)Nc2ccccc2F)C(C)C)cc1. The van der Waals surface area contributed by atoms with E-state index >= 15 is 0 Å². The first-order valence-corrected chi connectivity index (χ1v) is 8.86. The largest absolute Gasteiger partial charge is 0.332 e. The van der Waals surface area contributed by atoms with Crippen LogP contribution in [0.5, 0.6) is 0 Å². The maximum absolute atomic E-state index is 13.6. The Hall–Kier alpha value is -2.20. The minimum atomic E-state index is -0.416. The fraction of sp³-hybridized carbons (Fsp3) is 0.381. The lowest BCUT2D eigenvalue weighted by molar-refractivity contribution is -0.692. The number of amides is 1. The normalized spacial score (nSPS) is 12.4. The Labute approximate surface area is 149 Å². The monoisotopic (exact) mass is 343 g/mol. The van der Waals surface area contributed by atoms with Crippen molar-refractivity contribution in [2.75, 3.05) is 11.9 Å². The lowest BCUT2D eigenvalue weighted by Crippen LogP contribution is -2.88. The zero-order valence-corrected chi connectivity index (χ0v) is 15.4. The van der Waals surface area contributed by atoms with E-state index in [2.05, 4.69) is 57.3 Å². The second kappa shape index (κ2) is 8.77. The quantitative estimate of drug-likeness (QED) is 0.788. The van der Waals surface area contributed by atoms with Gasteiger partial charge in [0.15, 0.2) is 6.54 Å². The van der Waals surface area contributed by atoms with Crippen molar-refractivity contribution in [2.45, 2.75) is 39.7 Å². The van der Waals surface area contributed by atoms with Gasteiger partial charge < -0.3 is 10.6 Å². The molecule has 0 fully saturated rings. The second-order valence-corrected chi connectivity index (χ2v) is 7.06. The van der Waals surface area contributed by atoms with E-state index in [-0.39, 0.29) is 24.2 Å². The molecule has 25 heavy (non-hydrogen) atoms. The van der Waals surface area contributed by atoms with Gasteiger partial charge in [-0.2, -0.15) is 0 Å². The molecule has 1 amide bonds. The molecule has 0 saturated heterocycles. The van der Waals surface area contributed by atoms with Crippen LogP contribution in [0.2, 0.25) is 0 Å². The van der Waals surface area contributed by atoms with E-state index in [0.717, 1.165) is 0 Å². The van der Waals surface area contributed by atoms with Gasteiger partial charge in [-0.15, -0.1) is 0 Å². The van der Waals surface area contributed by atoms with E-state index in [9.17, 15) is 9.18 Å². The minimum Gasteiger partial charge on any atom is -0.332 e. The van der Waals surface area contributed by atoms with Crippen molar-refractivity contribution >= 4 is 11.6 Å². The Morgan fingerprint density at radius 3 is 2.16 bits per heavy atom. The van der Waals surface area contributed by atoms with Crippen molar-refractivity contribution in [3.8, 4) is 0 Å². The molecule has 0 aliphatic heterocycles. The van der Waals surface area contributed by atoms with Gasteiger partial charge in [-0.1, -0.05) is 64.1 Å². The fourth-order valence-electron chi connectivity index (χ4n) is 2.89. The number of quaternary nitrogens is 1. The highest BCUT2D eigenvalue weighted by molar-refractivity contribution is 5.91. The molecular formula is C21H28FN2O+. The molecule has 0 aromatic heterocycles. The van der Waals surface area contributed by atoms with Gasteiger partial charge in [0.05, 0.1) is 5.69 Å². The summed E-state index contributed by atoms with van der Waals surface area (Å²) in [5.74, 6) is 0.267. The number of rotatable bonds is 7. The van der Waals surface area contributed by atoms with E-state index in [1.54, 1.807) is 18.2 Å². The van der Waals surface area contributed by atoms with E-state index in [1.807, 2.05) is 5.32 Å². The van der Waals surface area contributed by atoms with Crippen LogP contribution in [0.25, 0.3) is 0 Å². The molecule has 2 aromatic rings. The number of carbonyl (C=O) groups is 1. The summed E-state index contributed by atoms with van der Waals surface area (Å²) >= 11 is 0. The average molecular weight is 343 g/mol. The topological polar surface area (TPSA) is 45.7 Å². The van der Waals surface area contributed by atoms with E-state index < -0.39 is 5.82 Å². The molecule has 0 aliphatic carbocycles. The first-order chi connectivity index (χ1) is 11.9. The molecule has 2 rings (SSSR count). The number of anilines is 1. The van der Waals surface area contributed by atoms with Crippen LogP contribution in [-0.4, -0.2) is 12.5 Å². The molecule has 4 heteroatoms. The van der Waals surface area contributed by atoms with Crippen molar-refractivity contribution in [2.24, 2.45) is 5.92 Å². The van der Waals surface area contributed by atoms with Crippen LogP contribution in [0.1, 0.15) is 50.8 Å². The third kappa shape index (κ3) is 5.40. The van der Waals surface area contributed by atoms with Crippen LogP contribution in [0, 0.1) is 11.7 Å². The third-order valence-corrected chi connectivity index (χ3v) is 4.41. The van der Waals surface area contributed by atoms with Crippen LogP contribution in [0.3, 0.4) is 0 Å². The predicted molar refractivity (Wildman–Crippen MR) is 99.9 cm³/mol. The highest BCUT2D eigenvalue weighted by Crippen LogP contribution is 2.21. The predicted octanol–water partition coefficient (Wildman–Crippen LogP) is 3.85. The van der Waals surface area contributed by atoms with Crippen molar-refractivity contribution in [3.63, 3.8) is 0 Å². The summed E-state index contributed by atoms with van der Waals surface area (Å²) in [5.41, 5.74) is 2.74.